The molecule has 1 atom stereocenters. The van der Waals surface area contributed by atoms with Crippen LogP contribution in [0.5, 0.6) is 0 Å². The number of halogens is 1. The van der Waals surface area contributed by atoms with Gasteiger partial charge in [0, 0.05) is 11.1 Å². The molecule has 2 rings (SSSR count). The number of nitrogens with zero attached hydrogens (tertiary/aromatic N) is 1. The number of aryl methyl sites for hydroxylation is 1. The Morgan fingerprint density at radius 3 is 2.61 bits per heavy atom. The minimum Gasteiger partial charge on any atom is -0.480 e. The van der Waals surface area contributed by atoms with E-state index in [-0.39, 0.29) is 27.8 Å². The molecule has 0 saturated carbocycles. The molecule has 1 aliphatic heterocycles. The lowest BCUT2D eigenvalue weighted by molar-refractivity contribution is -0.137. The van der Waals surface area contributed by atoms with Crippen molar-refractivity contribution in [2.24, 2.45) is 0 Å². The summed E-state index contributed by atoms with van der Waals surface area (Å²) in [5.41, 5.74) is 0.408. The van der Waals surface area contributed by atoms with Gasteiger partial charge in [0.05, 0.1) is 16.4 Å². The first-order valence-corrected chi connectivity index (χ1v) is 10.4. The zero-order valence-corrected chi connectivity index (χ0v) is 14.7. The van der Waals surface area contributed by atoms with Crippen molar-refractivity contribution >= 4 is 37.4 Å². The van der Waals surface area contributed by atoms with E-state index in [2.05, 4.69) is 0 Å². The minimum absolute atomic E-state index is 0.0778. The highest BCUT2D eigenvalue weighted by Crippen LogP contribution is 2.28. The van der Waals surface area contributed by atoms with Gasteiger partial charge in [-0.25, -0.2) is 16.8 Å². The van der Waals surface area contributed by atoms with Crippen LogP contribution in [0.25, 0.3) is 0 Å². The third kappa shape index (κ3) is 4.03. The number of sulfonamides is 1. The predicted molar refractivity (Wildman–Crippen MR) is 84.8 cm³/mol. The largest absolute Gasteiger partial charge is 0.480 e. The van der Waals surface area contributed by atoms with Gasteiger partial charge in [0.25, 0.3) is 0 Å². The second-order valence-electron chi connectivity index (χ2n) is 5.41. The maximum absolute atomic E-state index is 12.8. The van der Waals surface area contributed by atoms with Crippen molar-refractivity contribution < 1.29 is 26.7 Å². The smallest absolute Gasteiger partial charge is 0.318 e. The molecule has 1 aromatic rings. The first kappa shape index (κ1) is 18.2. The number of carboxylic acids is 1. The summed E-state index contributed by atoms with van der Waals surface area (Å²) in [4.78, 5) is 11.0. The number of rotatable bonds is 5. The Bertz CT molecular complexity index is 834. The van der Waals surface area contributed by atoms with E-state index in [9.17, 15) is 21.6 Å². The summed E-state index contributed by atoms with van der Waals surface area (Å²) in [5.74, 6) is -1.88. The van der Waals surface area contributed by atoms with E-state index >= 15 is 0 Å². The van der Waals surface area contributed by atoms with Crippen molar-refractivity contribution in [2.45, 2.75) is 24.3 Å². The molecule has 1 aliphatic rings. The van der Waals surface area contributed by atoms with Gasteiger partial charge in [-0.05, 0) is 31.0 Å². The van der Waals surface area contributed by atoms with Gasteiger partial charge in [-0.1, -0.05) is 17.7 Å². The van der Waals surface area contributed by atoms with Crippen molar-refractivity contribution in [3.63, 3.8) is 0 Å². The van der Waals surface area contributed by atoms with Crippen LogP contribution in [0.3, 0.4) is 0 Å². The Hall–Kier alpha value is -1.16. The Balaban J connectivity index is 2.49. The number of aliphatic carboxylic acids is 1. The van der Waals surface area contributed by atoms with Crippen LogP contribution in [0.4, 0.5) is 0 Å². The monoisotopic (exact) mass is 381 g/mol. The molecule has 1 N–H and O–H groups in total. The number of benzene rings is 1. The van der Waals surface area contributed by atoms with Crippen molar-refractivity contribution in [1.29, 1.82) is 0 Å². The third-order valence-electron chi connectivity index (χ3n) is 3.64. The second-order valence-corrected chi connectivity index (χ2v) is 9.93. The molecule has 23 heavy (non-hydrogen) atoms. The van der Waals surface area contributed by atoms with Crippen LogP contribution in [0.2, 0.25) is 5.02 Å². The molecule has 1 fully saturated rings. The van der Waals surface area contributed by atoms with E-state index in [1.807, 2.05) is 0 Å². The quantitative estimate of drug-likeness (QED) is 0.812. The van der Waals surface area contributed by atoms with Gasteiger partial charge in [0.15, 0.2) is 9.84 Å². The zero-order valence-electron chi connectivity index (χ0n) is 12.3. The number of hydrogen-bond acceptors (Lipinski definition) is 5. The van der Waals surface area contributed by atoms with E-state index in [0.29, 0.717) is 5.56 Å². The fourth-order valence-corrected chi connectivity index (χ4v) is 6.44. The minimum atomic E-state index is -4.18. The molecule has 0 radical (unpaired) electrons. The van der Waals surface area contributed by atoms with Gasteiger partial charge in [0.2, 0.25) is 10.0 Å². The van der Waals surface area contributed by atoms with Gasteiger partial charge >= 0.3 is 5.97 Å². The summed E-state index contributed by atoms with van der Waals surface area (Å²) in [5, 5.41) is 9.22. The van der Waals surface area contributed by atoms with Crippen LogP contribution in [0.15, 0.2) is 23.1 Å². The molecule has 1 aromatic carbocycles. The van der Waals surface area contributed by atoms with Crippen LogP contribution in [-0.4, -0.2) is 56.3 Å². The molecule has 0 unspecified atom stereocenters. The lowest BCUT2D eigenvalue weighted by atomic mass is 10.2. The van der Waals surface area contributed by atoms with E-state index in [0.717, 1.165) is 4.31 Å². The molecule has 0 spiro atoms. The van der Waals surface area contributed by atoms with Crippen molar-refractivity contribution in [1.82, 2.24) is 4.31 Å². The van der Waals surface area contributed by atoms with Crippen LogP contribution < -0.4 is 0 Å². The fourth-order valence-electron chi connectivity index (χ4n) is 2.52. The summed E-state index contributed by atoms with van der Waals surface area (Å²) in [6.45, 7) is 0.766. The van der Waals surface area contributed by atoms with E-state index in [1.54, 1.807) is 6.92 Å². The van der Waals surface area contributed by atoms with Crippen molar-refractivity contribution in [3.05, 3.63) is 28.8 Å². The van der Waals surface area contributed by atoms with Crippen LogP contribution in [0.1, 0.15) is 12.0 Å². The molecule has 0 aliphatic carbocycles. The van der Waals surface area contributed by atoms with Gasteiger partial charge in [-0.3, -0.25) is 4.79 Å². The third-order valence-corrected chi connectivity index (χ3v) is 7.67. The Kier molecular flexibility index (Phi) is 5.05. The number of hydrogen-bond donors (Lipinski definition) is 1. The number of sulfone groups is 1. The predicted octanol–water partition coefficient (Wildman–Crippen LogP) is 0.911. The highest BCUT2D eigenvalue weighted by atomic mass is 35.5. The van der Waals surface area contributed by atoms with Gasteiger partial charge in [-0.2, -0.15) is 4.31 Å². The molecule has 0 aromatic heterocycles. The van der Waals surface area contributed by atoms with Crippen molar-refractivity contribution in [3.8, 4) is 0 Å². The van der Waals surface area contributed by atoms with Crippen LogP contribution >= 0.6 is 11.6 Å². The van der Waals surface area contributed by atoms with E-state index in [4.69, 9.17) is 16.7 Å². The average molecular weight is 382 g/mol. The number of carbonyl (C=O) groups is 1. The molecule has 128 valence electrons. The van der Waals surface area contributed by atoms with Crippen LogP contribution in [-0.2, 0) is 24.7 Å². The molecular formula is C13H16ClNO6S2. The Morgan fingerprint density at radius 1 is 1.43 bits per heavy atom. The summed E-state index contributed by atoms with van der Waals surface area (Å²) >= 11 is 5.84. The summed E-state index contributed by atoms with van der Waals surface area (Å²) in [7, 11) is -7.54. The molecule has 0 bridgehead atoms. The average Bonchev–Trinajstić information content (AvgIpc) is 2.78. The van der Waals surface area contributed by atoms with Crippen molar-refractivity contribution in [2.75, 3.05) is 18.1 Å². The maximum Gasteiger partial charge on any atom is 0.318 e. The SMILES string of the molecule is Cc1ccc(Cl)cc1S(=O)(=O)N(CC(=O)O)[C@H]1CCS(=O)(=O)C1. The van der Waals surface area contributed by atoms with Gasteiger partial charge in [-0.15, -0.1) is 0 Å². The fraction of sp³-hybridized carbons (Fsp3) is 0.462. The Morgan fingerprint density at radius 2 is 2.09 bits per heavy atom. The first-order valence-electron chi connectivity index (χ1n) is 6.73. The molecule has 1 saturated heterocycles. The zero-order chi connectivity index (χ0) is 17.4. The van der Waals surface area contributed by atoms with E-state index < -0.39 is 38.4 Å². The molecule has 10 heteroatoms. The topological polar surface area (TPSA) is 109 Å². The highest BCUT2D eigenvalue weighted by molar-refractivity contribution is 7.92. The lowest BCUT2D eigenvalue weighted by Crippen LogP contribution is -2.44. The molecule has 1 heterocycles. The molecular weight excluding hydrogens is 366 g/mol. The van der Waals surface area contributed by atoms with Gasteiger partial charge < -0.3 is 5.11 Å². The van der Waals surface area contributed by atoms with E-state index in [1.165, 1.54) is 18.2 Å². The lowest BCUT2D eigenvalue weighted by Gasteiger charge is -2.26. The number of carboxylic acid groups (broad SMARTS) is 1. The molecule has 7 nitrogen and oxygen atoms in total. The van der Waals surface area contributed by atoms with Crippen LogP contribution in [0, 0.1) is 6.92 Å². The summed E-state index contributed by atoms with van der Waals surface area (Å²) < 4.78 is 49.7. The maximum atomic E-state index is 12.8. The Labute approximate surface area is 139 Å². The summed E-state index contributed by atoms with van der Waals surface area (Å²) in [6.07, 6.45) is 0.0778. The van der Waals surface area contributed by atoms with Gasteiger partial charge in [0.1, 0.15) is 6.54 Å². The highest BCUT2D eigenvalue weighted by Gasteiger charge is 2.40. The standard InChI is InChI=1S/C13H16ClNO6S2/c1-9-2-3-10(14)6-12(9)23(20,21)15(7-13(16)17)11-4-5-22(18,19)8-11/h2-3,6,11H,4-5,7-8H2,1H3,(H,16,17)/t11-/m0/s1. The second kappa shape index (κ2) is 6.39. The molecule has 0 amide bonds. The first-order chi connectivity index (χ1) is 10.5. The normalized spacial score (nSPS) is 20.7. The summed E-state index contributed by atoms with van der Waals surface area (Å²) in [6, 6.07) is 3.39.